The molecule has 27 heavy (non-hydrogen) atoms. The smallest absolute Gasteiger partial charge is 0.248 e. The van der Waals surface area contributed by atoms with E-state index in [-0.39, 0.29) is 5.91 Å². The molecule has 5 heteroatoms. The summed E-state index contributed by atoms with van der Waals surface area (Å²) in [4.78, 5) is 12.3. The van der Waals surface area contributed by atoms with Gasteiger partial charge in [-0.2, -0.15) is 0 Å². The van der Waals surface area contributed by atoms with Crippen molar-refractivity contribution in [1.29, 1.82) is 0 Å². The highest BCUT2D eigenvalue weighted by molar-refractivity contribution is 6.32. The first kappa shape index (κ1) is 20.8. The number of hydrogen-bond donors (Lipinski definition) is 1. The van der Waals surface area contributed by atoms with Gasteiger partial charge in [-0.1, -0.05) is 50.6 Å². The molecule has 0 radical (unpaired) electrons. The van der Waals surface area contributed by atoms with Gasteiger partial charge in [-0.15, -0.1) is 0 Å². The first-order valence-corrected chi connectivity index (χ1v) is 9.42. The Morgan fingerprint density at radius 1 is 1.26 bits per heavy atom. The van der Waals surface area contributed by atoms with E-state index in [1.807, 2.05) is 31.2 Å². The Morgan fingerprint density at radius 2 is 2.00 bits per heavy atom. The number of carbonyl (C=O) groups excluding carboxylic acids is 1. The van der Waals surface area contributed by atoms with E-state index in [0.717, 1.165) is 23.2 Å². The topological polar surface area (TPSA) is 47.6 Å². The van der Waals surface area contributed by atoms with Crippen molar-refractivity contribution in [2.45, 2.75) is 33.1 Å². The van der Waals surface area contributed by atoms with Crippen LogP contribution in [0.25, 0.3) is 6.08 Å². The number of nitrogens with one attached hydrogen (secondary N) is 1. The standard InChI is InChI=1S/C22H26ClNO3/c1-5-12-27-22-18(23)13-16(14-20(22)26-4)10-11-21(25)24-19-9-7-6-8-17(19)15(2)3/h6-11,13-15H,5,12H2,1-4H3,(H,24,25)/b11-10+. The molecule has 0 aliphatic rings. The van der Waals surface area contributed by atoms with Crippen LogP contribution in [-0.2, 0) is 4.79 Å². The predicted octanol–water partition coefficient (Wildman–Crippen LogP) is 5.91. The zero-order valence-electron chi connectivity index (χ0n) is 16.2. The monoisotopic (exact) mass is 387 g/mol. The molecule has 0 saturated heterocycles. The van der Waals surface area contributed by atoms with Gasteiger partial charge in [0, 0.05) is 11.8 Å². The van der Waals surface area contributed by atoms with E-state index in [1.165, 1.54) is 6.08 Å². The quantitative estimate of drug-likeness (QED) is 0.572. The van der Waals surface area contributed by atoms with Gasteiger partial charge in [0.2, 0.25) is 5.91 Å². The maximum atomic E-state index is 12.3. The van der Waals surface area contributed by atoms with E-state index < -0.39 is 0 Å². The van der Waals surface area contributed by atoms with Gasteiger partial charge in [0.1, 0.15) is 0 Å². The van der Waals surface area contributed by atoms with Crippen LogP contribution in [0.5, 0.6) is 11.5 Å². The largest absolute Gasteiger partial charge is 0.493 e. The zero-order chi connectivity index (χ0) is 19.8. The Bertz CT molecular complexity index is 815. The fraction of sp³-hybridized carbons (Fsp3) is 0.318. The molecule has 0 heterocycles. The van der Waals surface area contributed by atoms with Crippen LogP contribution in [0.1, 0.15) is 44.2 Å². The normalized spacial score (nSPS) is 11.0. The lowest BCUT2D eigenvalue weighted by atomic mass is 10.0. The summed E-state index contributed by atoms with van der Waals surface area (Å²) in [6.45, 7) is 6.77. The number of methoxy groups -OCH3 is 1. The summed E-state index contributed by atoms with van der Waals surface area (Å²) < 4.78 is 11.0. The number of benzene rings is 2. The van der Waals surface area contributed by atoms with Crippen molar-refractivity contribution < 1.29 is 14.3 Å². The van der Waals surface area contributed by atoms with Crippen molar-refractivity contribution in [3.63, 3.8) is 0 Å². The third-order valence-corrected chi connectivity index (χ3v) is 4.25. The number of para-hydroxylation sites is 1. The molecule has 0 aliphatic carbocycles. The Kier molecular flexibility index (Phi) is 7.74. The molecule has 144 valence electrons. The second kappa shape index (κ2) is 10.0. The minimum Gasteiger partial charge on any atom is -0.493 e. The lowest BCUT2D eigenvalue weighted by Gasteiger charge is -2.13. The van der Waals surface area contributed by atoms with Crippen LogP contribution in [0.4, 0.5) is 5.69 Å². The Balaban J connectivity index is 2.15. The van der Waals surface area contributed by atoms with Gasteiger partial charge in [-0.05, 0) is 47.7 Å². The number of hydrogen-bond acceptors (Lipinski definition) is 3. The number of halogens is 1. The average Bonchev–Trinajstić information content (AvgIpc) is 2.65. The van der Waals surface area contributed by atoms with E-state index in [2.05, 4.69) is 19.2 Å². The van der Waals surface area contributed by atoms with Crippen LogP contribution in [0.3, 0.4) is 0 Å². The van der Waals surface area contributed by atoms with Crippen LogP contribution < -0.4 is 14.8 Å². The average molecular weight is 388 g/mol. The van der Waals surface area contributed by atoms with Gasteiger partial charge in [-0.25, -0.2) is 0 Å². The zero-order valence-corrected chi connectivity index (χ0v) is 17.0. The Hall–Kier alpha value is -2.46. The first-order valence-electron chi connectivity index (χ1n) is 9.04. The highest BCUT2D eigenvalue weighted by Gasteiger charge is 2.11. The Labute approximate surface area is 166 Å². The molecule has 0 spiro atoms. The van der Waals surface area contributed by atoms with E-state index >= 15 is 0 Å². The second-order valence-electron chi connectivity index (χ2n) is 6.45. The van der Waals surface area contributed by atoms with Crippen LogP contribution in [0.15, 0.2) is 42.5 Å². The SMILES string of the molecule is CCCOc1c(Cl)cc(/C=C/C(=O)Nc2ccccc2C(C)C)cc1OC. The van der Waals surface area contributed by atoms with Crippen molar-refractivity contribution in [2.24, 2.45) is 0 Å². The fourth-order valence-electron chi connectivity index (χ4n) is 2.64. The van der Waals surface area contributed by atoms with E-state index in [1.54, 1.807) is 25.3 Å². The lowest BCUT2D eigenvalue weighted by Crippen LogP contribution is -2.10. The molecule has 0 bridgehead atoms. The van der Waals surface area contributed by atoms with E-state index in [0.29, 0.717) is 29.0 Å². The molecule has 4 nitrogen and oxygen atoms in total. The van der Waals surface area contributed by atoms with E-state index in [4.69, 9.17) is 21.1 Å². The molecule has 0 saturated carbocycles. The Morgan fingerprint density at radius 3 is 2.67 bits per heavy atom. The first-order chi connectivity index (χ1) is 13.0. The minimum absolute atomic E-state index is 0.204. The molecule has 0 aromatic heterocycles. The summed E-state index contributed by atoms with van der Waals surface area (Å²) >= 11 is 6.31. The molecule has 1 amide bonds. The summed E-state index contributed by atoms with van der Waals surface area (Å²) in [6.07, 6.45) is 4.05. The van der Waals surface area contributed by atoms with Crippen molar-refractivity contribution in [3.8, 4) is 11.5 Å². The van der Waals surface area contributed by atoms with Crippen LogP contribution in [0, 0.1) is 0 Å². The number of rotatable bonds is 8. The van der Waals surface area contributed by atoms with Crippen molar-refractivity contribution >= 4 is 29.3 Å². The molecular formula is C22H26ClNO3. The molecule has 0 aliphatic heterocycles. The van der Waals surface area contributed by atoms with Gasteiger partial charge in [0.05, 0.1) is 18.7 Å². The molecule has 2 rings (SSSR count). The maximum absolute atomic E-state index is 12.3. The van der Waals surface area contributed by atoms with Crippen molar-refractivity contribution in [1.82, 2.24) is 0 Å². The third kappa shape index (κ3) is 5.76. The van der Waals surface area contributed by atoms with Crippen molar-refractivity contribution in [3.05, 3.63) is 58.6 Å². The van der Waals surface area contributed by atoms with Crippen LogP contribution in [0.2, 0.25) is 5.02 Å². The molecule has 0 unspecified atom stereocenters. The predicted molar refractivity (Wildman–Crippen MR) is 112 cm³/mol. The van der Waals surface area contributed by atoms with E-state index in [9.17, 15) is 4.79 Å². The summed E-state index contributed by atoms with van der Waals surface area (Å²) in [5.41, 5.74) is 2.68. The second-order valence-corrected chi connectivity index (χ2v) is 6.85. The number of carbonyl (C=O) groups is 1. The lowest BCUT2D eigenvalue weighted by molar-refractivity contribution is -0.111. The highest BCUT2D eigenvalue weighted by Crippen LogP contribution is 2.37. The molecule has 0 atom stereocenters. The minimum atomic E-state index is -0.204. The van der Waals surface area contributed by atoms with Crippen LogP contribution >= 0.6 is 11.6 Å². The summed E-state index contributed by atoms with van der Waals surface area (Å²) in [7, 11) is 1.56. The number of amides is 1. The highest BCUT2D eigenvalue weighted by atomic mass is 35.5. The van der Waals surface area contributed by atoms with Crippen LogP contribution in [-0.4, -0.2) is 19.6 Å². The fourth-order valence-corrected chi connectivity index (χ4v) is 2.91. The summed E-state index contributed by atoms with van der Waals surface area (Å²) in [5.74, 6) is 1.18. The van der Waals surface area contributed by atoms with Gasteiger partial charge >= 0.3 is 0 Å². The van der Waals surface area contributed by atoms with Gasteiger partial charge in [-0.3, -0.25) is 4.79 Å². The third-order valence-electron chi connectivity index (χ3n) is 3.97. The molecule has 1 N–H and O–H groups in total. The molecule has 2 aromatic carbocycles. The van der Waals surface area contributed by atoms with Gasteiger partial charge in [0.15, 0.2) is 11.5 Å². The van der Waals surface area contributed by atoms with Gasteiger partial charge in [0.25, 0.3) is 0 Å². The maximum Gasteiger partial charge on any atom is 0.248 e. The molecule has 2 aromatic rings. The number of anilines is 1. The molecular weight excluding hydrogens is 362 g/mol. The van der Waals surface area contributed by atoms with Gasteiger partial charge < -0.3 is 14.8 Å². The summed E-state index contributed by atoms with van der Waals surface area (Å²) in [6, 6.07) is 11.3. The molecule has 0 fully saturated rings. The summed E-state index contributed by atoms with van der Waals surface area (Å²) in [5, 5.41) is 3.38. The van der Waals surface area contributed by atoms with Crippen molar-refractivity contribution in [2.75, 3.05) is 19.0 Å². The number of ether oxygens (including phenoxy) is 2.